The molecule has 4 rings (SSSR count). The lowest BCUT2D eigenvalue weighted by Gasteiger charge is -2.62. The molecule has 0 radical (unpaired) electrons. The highest BCUT2D eigenvalue weighted by molar-refractivity contribution is 5.66. The fourth-order valence-corrected chi connectivity index (χ4v) is 7.95. The van der Waals surface area contributed by atoms with Crippen LogP contribution in [0.4, 0.5) is 0 Å². The Labute approximate surface area is 168 Å². The van der Waals surface area contributed by atoms with E-state index in [1.54, 1.807) is 0 Å². The van der Waals surface area contributed by atoms with Crippen LogP contribution < -0.4 is 0 Å². The molecule has 0 aliphatic heterocycles. The maximum absolute atomic E-state index is 11.6. The van der Waals surface area contributed by atoms with Gasteiger partial charge in [-0.15, -0.1) is 0 Å². The molecule has 9 atom stereocenters. The van der Waals surface area contributed by atoms with Gasteiger partial charge < -0.3 is 14.6 Å². The molecule has 4 aliphatic carbocycles. The predicted octanol–water partition coefficient (Wildman–Crippen LogP) is 3.86. The van der Waals surface area contributed by atoms with Crippen molar-refractivity contribution in [2.75, 3.05) is 0 Å². The summed E-state index contributed by atoms with van der Waals surface area (Å²) < 4.78 is 11.2. The highest BCUT2D eigenvalue weighted by atomic mass is 16.5. The van der Waals surface area contributed by atoms with Gasteiger partial charge in [-0.25, -0.2) is 0 Å². The van der Waals surface area contributed by atoms with Crippen molar-refractivity contribution in [1.29, 1.82) is 0 Å². The van der Waals surface area contributed by atoms with Crippen molar-refractivity contribution >= 4 is 11.9 Å². The van der Waals surface area contributed by atoms with Crippen molar-refractivity contribution in [3.8, 4) is 0 Å². The lowest BCUT2D eigenvalue weighted by atomic mass is 9.44. The summed E-state index contributed by atoms with van der Waals surface area (Å²) in [6.07, 6.45) is 7.49. The van der Waals surface area contributed by atoms with Crippen LogP contribution in [-0.4, -0.2) is 35.4 Å². The summed E-state index contributed by atoms with van der Waals surface area (Å²) in [5, 5.41) is 11.1. The van der Waals surface area contributed by atoms with Crippen LogP contribution in [0.1, 0.15) is 79.1 Å². The third-order valence-electron chi connectivity index (χ3n) is 9.19. The molecular weight excluding hydrogens is 356 g/mol. The molecule has 0 bridgehead atoms. The molecule has 0 amide bonds. The van der Waals surface area contributed by atoms with Gasteiger partial charge in [-0.05, 0) is 80.5 Å². The van der Waals surface area contributed by atoms with Crippen molar-refractivity contribution in [1.82, 2.24) is 0 Å². The summed E-state index contributed by atoms with van der Waals surface area (Å²) in [5.41, 5.74) is 0.157. The van der Waals surface area contributed by atoms with E-state index in [9.17, 15) is 14.7 Å². The van der Waals surface area contributed by atoms with E-state index in [0.29, 0.717) is 17.8 Å². The van der Waals surface area contributed by atoms with Gasteiger partial charge in [-0.2, -0.15) is 0 Å². The number of carbonyl (C=O) groups excluding carboxylic acids is 2. The highest BCUT2D eigenvalue weighted by Gasteiger charge is 2.62. The normalized spacial score (nSPS) is 50.1. The van der Waals surface area contributed by atoms with E-state index in [2.05, 4.69) is 13.8 Å². The molecule has 0 aromatic carbocycles. The topological polar surface area (TPSA) is 72.8 Å². The largest absolute Gasteiger partial charge is 0.463 e. The average Bonchev–Trinajstić information content (AvgIpc) is 2.92. The molecule has 5 heteroatoms. The molecule has 4 saturated carbocycles. The third-order valence-corrected chi connectivity index (χ3v) is 9.19. The first-order chi connectivity index (χ1) is 13.1. The zero-order chi connectivity index (χ0) is 20.3. The maximum Gasteiger partial charge on any atom is 0.302 e. The van der Waals surface area contributed by atoms with E-state index in [1.807, 2.05) is 0 Å². The second-order valence-electron chi connectivity index (χ2n) is 10.5. The second kappa shape index (κ2) is 7.00. The Morgan fingerprint density at radius 1 is 0.821 bits per heavy atom. The van der Waals surface area contributed by atoms with Crippen LogP contribution in [0.3, 0.4) is 0 Å². The zero-order valence-corrected chi connectivity index (χ0v) is 17.8. The number of aliphatic hydroxyl groups excluding tert-OH is 1. The van der Waals surface area contributed by atoms with E-state index >= 15 is 0 Å². The summed E-state index contributed by atoms with van der Waals surface area (Å²) >= 11 is 0. The molecule has 0 saturated heterocycles. The fourth-order valence-electron chi connectivity index (χ4n) is 7.95. The van der Waals surface area contributed by atoms with Gasteiger partial charge in [0.05, 0.1) is 6.10 Å². The molecule has 4 aliphatic rings. The molecule has 0 spiro atoms. The molecule has 4 fully saturated rings. The van der Waals surface area contributed by atoms with Gasteiger partial charge in [0.1, 0.15) is 12.2 Å². The first-order valence-electron chi connectivity index (χ1n) is 11.2. The van der Waals surface area contributed by atoms with Gasteiger partial charge in [0.2, 0.25) is 0 Å². The number of fused-ring (bicyclic) bond motifs is 5. The first kappa shape index (κ1) is 20.2. The van der Waals surface area contributed by atoms with E-state index in [1.165, 1.54) is 13.8 Å². The van der Waals surface area contributed by atoms with Gasteiger partial charge >= 0.3 is 11.9 Å². The van der Waals surface area contributed by atoms with Gasteiger partial charge in [0, 0.05) is 19.3 Å². The van der Waals surface area contributed by atoms with Crippen LogP contribution in [0, 0.1) is 34.5 Å². The lowest BCUT2D eigenvalue weighted by molar-refractivity contribution is -0.187. The Hall–Kier alpha value is -1.10. The van der Waals surface area contributed by atoms with Crippen molar-refractivity contribution in [3.05, 3.63) is 0 Å². The number of ether oxygens (including phenoxy) is 2. The molecule has 2 unspecified atom stereocenters. The van der Waals surface area contributed by atoms with Crippen LogP contribution in [-0.2, 0) is 19.1 Å². The standard InChI is InChI=1S/C23H36O5/c1-13(24)27-15-7-9-22(3)18-8-10-23(4)17(5-6-21(23)28-14(2)25)16(18)12-20(26)19(22)11-15/h15-21,26H,5-12H2,1-4H3/t15-,16-,17?,18?,19+,20+,21-,22+,23-/m0/s1. The Kier molecular flexibility index (Phi) is 5.05. The summed E-state index contributed by atoms with van der Waals surface area (Å²) in [7, 11) is 0. The number of esters is 2. The Morgan fingerprint density at radius 2 is 1.46 bits per heavy atom. The summed E-state index contributed by atoms with van der Waals surface area (Å²) in [5.74, 6) is 1.45. The third kappa shape index (κ3) is 3.09. The predicted molar refractivity (Wildman–Crippen MR) is 104 cm³/mol. The molecule has 28 heavy (non-hydrogen) atoms. The minimum atomic E-state index is -0.334. The smallest absolute Gasteiger partial charge is 0.302 e. The first-order valence-corrected chi connectivity index (χ1v) is 11.2. The molecule has 1 N–H and O–H groups in total. The summed E-state index contributed by atoms with van der Waals surface area (Å²) in [4.78, 5) is 23.0. The number of rotatable bonds is 2. The molecule has 0 aromatic heterocycles. The van der Waals surface area contributed by atoms with E-state index in [-0.39, 0.29) is 47.0 Å². The van der Waals surface area contributed by atoms with Crippen molar-refractivity contribution < 1.29 is 24.2 Å². The maximum atomic E-state index is 11.6. The molecule has 0 aromatic rings. The van der Waals surface area contributed by atoms with Crippen molar-refractivity contribution in [2.24, 2.45) is 34.5 Å². The average molecular weight is 393 g/mol. The number of carbonyl (C=O) groups is 2. The van der Waals surface area contributed by atoms with E-state index in [0.717, 1.165) is 51.4 Å². The summed E-state index contributed by atoms with van der Waals surface area (Å²) in [6, 6.07) is 0. The van der Waals surface area contributed by atoms with Gasteiger partial charge in [-0.1, -0.05) is 13.8 Å². The number of hydrogen-bond donors (Lipinski definition) is 1. The van der Waals surface area contributed by atoms with E-state index in [4.69, 9.17) is 9.47 Å². The van der Waals surface area contributed by atoms with Gasteiger partial charge in [0.15, 0.2) is 0 Å². The molecule has 0 heterocycles. The fraction of sp³-hybridized carbons (Fsp3) is 0.913. The van der Waals surface area contributed by atoms with Crippen LogP contribution >= 0.6 is 0 Å². The lowest BCUT2D eigenvalue weighted by Crippen LogP contribution is -2.58. The Balaban J connectivity index is 1.55. The van der Waals surface area contributed by atoms with Crippen molar-refractivity contribution in [3.63, 3.8) is 0 Å². The van der Waals surface area contributed by atoms with Crippen LogP contribution in [0.25, 0.3) is 0 Å². The molecule has 5 nitrogen and oxygen atoms in total. The zero-order valence-electron chi connectivity index (χ0n) is 17.8. The van der Waals surface area contributed by atoms with Crippen molar-refractivity contribution in [2.45, 2.75) is 97.4 Å². The van der Waals surface area contributed by atoms with Crippen LogP contribution in [0.5, 0.6) is 0 Å². The minimum Gasteiger partial charge on any atom is -0.463 e. The highest BCUT2D eigenvalue weighted by Crippen LogP contribution is 2.66. The second-order valence-corrected chi connectivity index (χ2v) is 10.5. The van der Waals surface area contributed by atoms with Gasteiger partial charge in [0.25, 0.3) is 0 Å². The Morgan fingerprint density at radius 3 is 2.14 bits per heavy atom. The monoisotopic (exact) mass is 392 g/mol. The van der Waals surface area contributed by atoms with Gasteiger partial charge in [-0.3, -0.25) is 9.59 Å². The quantitative estimate of drug-likeness (QED) is 0.723. The minimum absolute atomic E-state index is 0.0262. The molecular formula is C23H36O5. The number of aliphatic hydroxyl groups is 1. The Bertz CT molecular complexity index is 647. The summed E-state index contributed by atoms with van der Waals surface area (Å²) in [6.45, 7) is 7.68. The van der Waals surface area contributed by atoms with Crippen LogP contribution in [0.2, 0.25) is 0 Å². The van der Waals surface area contributed by atoms with E-state index < -0.39 is 0 Å². The SMILES string of the molecule is CC(=O)O[C@H]1CC[C@]2(C)C3CC[C@@]4(C)C(CC[C@@H]4OC(C)=O)[C@@H]3C[C@@H](O)[C@H]2C1. The molecule has 158 valence electrons. The number of hydrogen-bond acceptors (Lipinski definition) is 5. The van der Waals surface area contributed by atoms with Crippen LogP contribution in [0.15, 0.2) is 0 Å².